The number of pyridine rings is 1. The molecule has 0 aliphatic heterocycles. The third kappa shape index (κ3) is 3.30. The number of aliphatic carboxylic acids is 1. The van der Waals surface area contributed by atoms with Gasteiger partial charge in [-0.05, 0) is 41.6 Å². The monoisotopic (exact) mass is 288 g/mol. The molecule has 0 spiro atoms. The van der Waals surface area contributed by atoms with Gasteiger partial charge in [0.2, 0.25) is 0 Å². The lowest BCUT2D eigenvalue weighted by Gasteiger charge is -2.06. The number of nitrogens with one attached hydrogen (secondary N) is 1. The van der Waals surface area contributed by atoms with Gasteiger partial charge in [0.1, 0.15) is 5.82 Å². The predicted molar refractivity (Wildman–Crippen MR) is 77.9 cm³/mol. The van der Waals surface area contributed by atoms with Crippen LogP contribution in [-0.4, -0.2) is 22.0 Å². The van der Waals surface area contributed by atoms with Crippen molar-refractivity contribution in [2.24, 2.45) is 0 Å². The highest BCUT2D eigenvalue weighted by Crippen LogP contribution is 2.20. The fourth-order valence-corrected chi connectivity index (χ4v) is 2.36. The number of carboxylic acids is 1. The number of hydrogen-bond donors (Lipinski definition) is 2. The second-order valence-corrected chi connectivity index (χ2v) is 4.92. The van der Waals surface area contributed by atoms with Gasteiger partial charge in [0, 0.05) is 12.3 Å². The number of hydrogen-bond acceptors (Lipinski definition) is 4. The van der Waals surface area contributed by atoms with Gasteiger partial charge in [-0.2, -0.15) is 0 Å². The highest BCUT2D eigenvalue weighted by Gasteiger charge is 2.13. The smallest absolute Gasteiger partial charge is 0.328 e. The number of carbonyl (C=O) groups excluding carboxylic acids is 1. The summed E-state index contributed by atoms with van der Waals surface area (Å²) in [5.41, 5.74) is 1.43. The summed E-state index contributed by atoms with van der Waals surface area (Å²) >= 11 is 1.25. The number of aromatic nitrogens is 1. The average Bonchev–Trinajstić information content (AvgIpc) is 2.87. The van der Waals surface area contributed by atoms with E-state index in [4.69, 9.17) is 5.11 Å². The first kappa shape index (κ1) is 14.0. The number of rotatable bonds is 4. The highest BCUT2D eigenvalue weighted by atomic mass is 32.1. The summed E-state index contributed by atoms with van der Waals surface area (Å²) in [4.78, 5) is 27.2. The van der Waals surface area contributed by atoms with Crippen LogP contribution in [0.1, 0.15) is 20.8 Å². The van der Waals surface area contributed by atoms with Crippen LogP contribution in [0.25, 0.3) is 6.08 Å². The molecule has 20 heavy (non-hydrogen) atoms. The van der Waals surface area contributed by atoms with Crippen molar-refractivity contribution in [3.05, 3.63) is 51.9 Å². The summed E-state index contributed by atoms with van der Waals surface area (Å²) in [5, 5.41) is 13.1. The first-order chi connectivity index (χ1) is 9.58. The van der Waals surface area contributed by atoms with Gasteiger partial charge < -0.3 is 10.4 Å². The van der Waals surface area contributed by atoms with Crippen LogP contribution in [0.3, 0.4) is 0 Å². The zero-order valence-corrected chi connectivity index (χ0v) is 11.5. The van der Waals surface area contributed by atoms with E-state index < -0.39 is 5.97 Å². The van der Waals surface area contributed by atoms with E-state index in [1.54, 1.807) is 23.7 Å². The van der Waals surface area contributed by atoms with Crippen LogP contribution in [0.4, 0.5) is 5.82 Å². The van der Waals surface area contributed by atoms with Gasteiger partial charge >= 0.3 is 5.97 Å². The zero-order chi connectivity index (χ0) is 14.5. The Morgan fingerprint density at radius 2 is 2.20 bits per heavy atom. The number of anilines is 1. The van der Waals surface area contributed by atoms with Gasteiger partial charge in [-0.25, -0.2) is 9.78 Å². The molecule has 0 saturated heterocycles. The number of amides is 1. The molecule has 2 N–H and O–H groups in total. The standard InChI is InChI=1S/C14H12N2O3S/c1-9-3-2-7-15-13(9)16-14(19)12-10(6-8-20-12)4-5-11(17)18/h2-8H,1H3,(H,17,18)(H,15,16,19). The Hall–Kier alpha value is -2.47. The fraction of sp³-hybridized carbons (Fsp3) is 0.0714. The SMILES string of the molecule is Cc1cccnc1NC(=O)c1sccc1C=CC(=O)O. The summed E-state index contributed by atoms with van der Waals surface area (Å²) in [5.74, 6) is -0.853. The molecule has 2 rings (SSSR count). The number of carbonyl (C=O) groups is 2. The number of aryl methyl sites for hydroxylation is 1. The normalized spacial score (nSPS) is 10.7. The Labute approximate surface area is 119 Å². The predicted octanol–water partition coefficient (Wildman–Crippen LogP) is 2.80. The van der Waals surface area contributed by atoms with Crippen molar-refractivity contribution in [1.29, 1.82) is 0 Å². The minimum Gasteiger partial charge on any atom is -0.478 e. The molecular formula is C14H12N2O3S. The van der Waals surface area contributed by atoms with Crippen LogP contribution in [0.2, 0.25) is 0 Å². The molecule has 0 unspecified atom stereocenters. The molecule has 0 fully saturated rings. The van der Waals surface area contributed by atoms with Crippen LogP contribution in [0.5, 0.6) is 0 Å². The van der Waals surface area contributed by atoms with Gasteiger partial charge in [0.15, 0.2) is 0 Å². The summed E-state index contributed by atoms with van der Waals surface area (Å²) in [7, 11) is 0. The molecular weight excluding hydrogens is 276 g/mol. The van der Waals surface area contributed by atoms with E-state index in [1.807, 2.05) is 13.0 Å². The molecule has 0 bridgehead atoms. The lowest BCUT2D eigenvalue weighted by molar-refractivity contribution is -0.131. The van der Waals surface area contributed by atoms with Gasteiger partial charge in [0.25, 0.3) is 5.91 Å². The van der Waals surface area contributed by atoms with E-state index >= 15 is 0 Å². The quantitative estimate of drug-likeness (QED) is 0.848. The Kier molecular flexibility index (Phi) is 4.27. The molecule has 2 aromatic rings. The van der Waals surface area contributed by atoms with E-state index in [0.29, 0.717) is 16.3 Å². The second-order valence-electron chi connectivity index (χ2n) is 4.00. The Bertz CT molecular complexity index is 677. The van der Waals surface area contributed by atoms with Crippen molar-refractivity contribution in [2.75, 3.05) is 5.32 Å². The molecule has 0 atom stereocenters. The average molecular weight is 288 g/mol. The largest absolute Gasteiger partial charge is 0.478 e. The number of thiophene rings is 1. The van der Waals surface area contributed by atoms with Gasteiger partial charge in [0.05, 0.1) is 4.88 Å². The van der Waals surface area contributed by atoms with Crippen LogP contribution >= 0.6 is 11.3 Å². The van der Waals surface area contributed by atoms with E-state index in [2.05, 4.69) is 10.3 Å². The number of carboxylic acid groups (broad SMARTS) is 1. The van der Waals surface area contributed by atoms with Crippen LogP contribution in [0.15, 0.2) is 35.9 Å². The van der Waals surface area contributed by atoms with E-state index in [9.17, 15) is 9.59 Å². The molecule has 1 amide bonds. The summed E-state index contributed by atoms with van der Waals surface area (Å²) in [6, 6.07) is 5.34. The molecule has 0 aliphatic carbocycles. The van der Waals surface area contributed by atoms with Crippen molar-refractivity contribution in [1.82, 2.24) is 4.98 Å². The molecule has 0 aromatic carbocycles. The minimum atomic E-state index is -1.05. The molecule has 0 aliphatic rings. The molecule has 102 valence electrons. The fourth-order valence-electron chi connectivity index (χ4n) is 1.58. The van der Waals surface area contributed by atoms with Crippen molar-refractivity contribution >= 4 is 35.1 Å². The maximum Gasteiger partial charge on any atom is 0.328 e. The highest BCUT2D eigenvalue weighted by molar-refractivity contribution is 7.12. The maximum absolute atomic E-state index is 12.2. The van der Waals surface area contributed by atoms with Gasteiger partial charge in [-0.1, -0.05) is 6.07 Å². The van der Waals surface area contributed by atoms with E-state index in [-0.39, 0.29) is 5.91 Å². The molecule has 5 nitrogen and oxygen atoms in total. The van der Waals surface area contributed by atoms with Crippen molar-refractivity contribution in [2.45, 2.75) is 6.92 Å². The summed E-state index contributed by atoms with van der Waals surface area (Å²) in [6.45, 7) is 1.85. The first-order valence-electron chi connectivity index (χ1n) is 5.79. The second kappa shape index (κ2) is 6.12. The van der Waals surface area contributed by atoms with E-state index in [0.717, 1.165) is 11.6 Å². The molecule has 6 heteroatoms. The first-order valence-corrected chi connectivity index (χ1v) is 6.67. The van der Waals surface area contributed by atoms with Gasteiger partial charge in [-0.15, -0.1) is 11.3 Å². The number of nitrogens with zero attached hydrogens (tertiary/aromatic N) is 1. The zero-order valence-electron chi connectivity index (χ0n) is 10.7. The van der Waals surface area contributed by atoms with E-state index in [1.165, 1.54) is 17.4 Å². The topological polar surface area (TPSA) is 79.3 Å². The molecule has 0 radical (unpaired) electrons. The molecule has 2 heterocycles. The molecule has 2 aromatic heterocycles. The molecule has 0 saturated carbocycles. The van der Waals surface area contributed by atoms with Gasteiger partial charge in [-0.3, -0.25) is 4.79 Å². The van der Waals surface area contributed by atoms with Crippen molar-refractivity contribution in [3.8, 4) is 0 Å². The Morgan fingerprint density at radius 3 is 2.90 bits per heavy atom. The Balaban J connectivity index is 2.20. The van der Waals surface area contributed by atoms with Crippen LogP contribution in [0, 0.1) is 6.92 Å². The van der Waals surface area contributed by atoms with Crippen LogP contribution in [-0.2, 0) is 4.79 Å². The van der Waals surface area contributed by atoms with Crippen LogP contribution < -0.4 is 5.32 Å². The lowest BCUT2D eigenvalue weighted by Crippen LogP contribution is -2.13. The lowest BCUT2D eigenvalue weighted by atomic mass is 10.2. The maximum atomic E-state index is 12.2. The van der Waals surface area contributed by atoms with Crippen molar-refractivity contribution < 1.29 is 14.7 Å². The third-order valence-electron chi connectivity index (χ3n) is 2.55. The minimum absolute atomic E-state index is 0.299. The summed E-state index contributed by atoms with van der Waals surface area (Å²) < 4.78 is 0. The summed E-state index contributed by atoms with van der Waals surface area (Å²) in [6.07, 6.45) is 4.01. The Morgan fingerprint density at radius 1 is 1.40 bits per heavy atom. The third-order valence-corrected chi connectivity index (χ3v) is 3.48. The van der Waals surface area contributed by atoms with Crippen molar-refractivity contribution in [3.63, 3.8) is 0 Å².